The average Bonchev–Trinajstić information content (AvgIpc) is 2.34. The Labute approximate surface area is 109 Å². The highest BCUT2D eigenvalue weighted by Gasteiger charge is 2.12. The predicted octanol–water partition coefficient (Wildman–Crippen LogP) is 1.47. The fourth-order valence-electron chi connectivity index (χ4n) is 1.88. The third kappa shape index (κ3) is 4.58. The Bertz CT molecular complexity index is 331. The first-order chi connectivity index (χ1) is 8.54. The van der Waals surface area contributed by atoms with Crippen LogP contribution in [0.2, 0.25) is 0 Å². The van der Waals surface area contributed by atoms with Crippen LogP contribution in [0.15, 0.2) is 12.1 Å². The van der Waals surface area contributed by atoms with E-state index in [-0.39, 0.29) is 6.61 Å². The Kier molecular flexibility index (Phi) is 6.01. The second-order valence-corrected chi connectivity index (χ2v) is 4.79. The highest BCUT2D eigenvalue weighted by Crippen LogP contribution is 2.07. The highest BCUT2D eigenvalue weighted by molar-refractivity contribution is 5.10. The van der Waals surface area contributed by atoms with E-state index in [1.54, 1.807) is 12.1 Å². The molecule has 0 aromatic carbocycles. The molecule has 0 fully saturated rings. The molecule has 5 heteroatoms. The van der Waals surface area contributed by atoms with Gasteiger partial charge in [0.15, 0.2) is 0 Å². The lowest BCUT2D eigenvalue weighted by molar-refractivity contribution is 0.139. The lowest BCUT2D eigenvalue weighted by Crippen LogP contribution is -2.39. The third-order valence-electron chi connectivity index (χ3n) is 2.78. The van der Waals surface area contributed by atoms with Gasteiger partial charge in [-0.05, 0) is 33.8 Å². The number of nitrogens with zero attached hydrogens (tertiary/aromatic N) is 3. The van der Waals surface area contributed by atoms with Crippen LogP contribution in [-0.4, -0.2) is 45.4 Å². The molecule has 1 aromatic heterocycles. The summed E-state index contributed by atoms with van der Waals surface area (Å²) in [6.07, 6.45) is 0. The zero-order chi connectivity index (χ0) is 13.5. The zero-order valence-corrected chi connectivity index (χ0v) is 11.6. The van der Waals surface area contributed by atoms with Gasteiger partial charge < -0.3 is 9.84 Å². The van der Waals surface area contributed by atoms with E-state index in [1.807, 2.05) is 0 Å². The van der Waals surface area contributed by atoms with Crippen molar-refractivity contribution >= 4 is 0 Å². The summed E-state index contributed by atoms with van der Waals surface area (Å²) in [6.45, 7) is 10.1. The molecule has 0 saturated heterocycles. The Morgan fingerprint density at radius 3 is 2.28 bits per heavy atom. The van der Waals surface area contributed by atoms with Crippen LogP contribution in [0.4, 0.5) is 0 Å². The third-order valence-corrected chi connectivity index (χ3v) is 2.78. The fourth-order valence-corrected chi connectivity index (χ4v) is 1.88. The minimum atomic E-state index is -0.0955. The predicted molar refractivity (Wildman–Crippen MR) is 70.4 cm³/mol. The van der Waals surface area contributed by atoms with E-state index < -0.39 is 0 Å². The maximum Gasteiger partial charge on any atom is 0.233 e. The second-order valence-electron chi connectivity index (χ2n) is 4.79. The summed E-state index contributed by atoms with van der Waals surface area (Å²) < 4.78 is 5.54. The Balaban J connectivity index is 2.40. The van der Waals surface area contributed by atoms with Crippen LogP contribution in [0.3, 0.4) is 0 Å². The summed E-state index contributed by atoms with van der Waals surface area (Å²) >= 11 is 0. The molecule has 0 aliphatic rings. The molecule has 0 radical (unpaired) electrons. The van der Waals surface area contributed by atoms with Gasteiger partial charge in [0.2, 0.25) is 5.88 Å². The number of aliphatic hydroxyl groups is 1. The number of hydrogen-bond donors (Lipinski definition) is 1. The molecule has 0 bridgehead atoms. The summed E-state index contributed by atoms with van der Waals surface area (Å²) in [5, 5.41) is 16.6. The lowest BCUT2D eigenvalue weighted by atomic mass is 10.2. The molecular weight excluding hydrogens is 230 g/mol. The van der Waals surface area contributed by atoms with Crippen LogP contribution in [0, 0.1) is 0 Å². The normalized spacial score (nSPS) is 11.6. The maximum atomic E-state index is 8.85. The minimum Gasteiger partial charge on any atom is -0.475 e. The van der Waals surface area contributed by atoms with E-state index in [4.69, 9.17) is 9.84 Å². The Hall–Kier alpha value is -1.20. The minimum absolute atomic E-state index is 0.0955. The van der Waals surface area contributed by atoms with E-state index in [2.05, 4.69) is 42.8 Å². The first-order valence-corrected chi connectivity index (χ1v) is 6.36. The monoisotopic (exact) mass is 253 g/mol. The largest absolute Gasteiger partial charge is 0.475 e. The summed E-state index contributed by atoms with van der Waals surface area (Å²) in [4.78, 5) is 2.36. The van der Waals surface area contributed by atoms with Crippen LogP contribution in [0.25, 0.3) is 0 Å². The van der Waals surface area contributed by atoms with E-state index in [0.29, 0.717) is 30.3 Å². The van der Waals surface area contributed by atoms with Crippen LogP contribution in [0.5, 0.6) is 5.88 Å². The molecular formula is C13H23N3O2. The average molecular weight is 253 g/mol. The van der Waals surface area contributed by atoms with Gasteiger partial charge in [-0.2, -0.15) is 0 Å². The van der Waals surface area contributed by atoms with Gasteiger partial charge in [-0.25, -0.2) is 0 Å². The van der Waals surface area contributed by atoms with Gasteiger partial charge in [-0.15, -0.1) is 10.2 Å². The van der Waals surface area contributed by atoms with Crippen LogP contribution in [0.1, 0.15) is 33.4 Å². The van der Waals surface area contributed by atoms with Gasteiger partial charge in [0.1, 0.15) is 6.61 Å². The van der Waals surface area contributed by atoms with Crippen molar-refractivity contribution in [2.45, 2.75) is 46.4 Å². The SMILES string of the molecule is CC(C)N(CCOc1ccc(CO)nn1)C(C)C. The number of rotatable bonds is 7. The number of hydrogen-bond acceptors (Lipinski definition) is 5. The molecule has 102 valence electrons. The molecule has 5 nitrogen and oxygen atoms in total. The molecule has 0 atom stereocenters. The summed E-state index contributed by atoms with van der Waals surface area (Å²) in [5.74, 6) is 0.500. The molecule has 0 aliphatic heterocycles. The van der Waals surface area contributed by atoms with Gasteiger partial charge in [0.05, 0.1) is 12.3 Å². The molecule has 1 rings (SSSR count). The van der Waals surface area contributed by atoms with E-state index >= 15 is 0 Å². The van der Waals surface area contributed by atoms with Crippen molar-refractivity contribution in [1.82, 2.24) is 15.1 Å². The van der Waals surface area contributed by atoms with Crippen molar-refractivity contribution in [2.24, 2.45) is 0 Å². The van der Waals surface area contributed by atoms with Crippen LogP contribution in [-0.2, 0) is 6.61 Å². The highest BCUT2D eigenvalue weighted by atomic mass is 16.5. The maximum absolute atomic E-state index is 8.85. The molecule has 0 unspecified atom stereocenters. The Morgan fingerprint density at radius 2 is 1.83 bits per heavy atom. The molecule has 0 spiro atoms. The molecule has 0 amide bonds. The topological polar surface area (TPSA) is 58.5 Å². The first kappa shape index (κ1) is 14.9. The van der Waals surface area contributed by atoms with Crippen molar-refractivity contribution in [3.05, 3.63) is 17.8 Å². The number of ether oxygens (including phenoxy) is 1. The summed E-state index contributed by atoms with van der Waals surface area (Å²) in [7, 11) is 0. The molecule has 1 heterocycles. The number of aromatic nitrogens is 2. The van der Waals surface area contributed by atoms with E-state index in [1.165, 1.54) is 0 Å². The van der Waals surface area contributed by atoms with E-state index in [9.17, 15) is 0 Å². The van der Waals surface area contributed by atoms with Crippen molar-refractivity contribution in [1.29, 1.82) is 0 Å². The molecule has 1 N–H and O–H groups in total. The molecule has 0 aliphatic carbocycles. The second kappa shape index (κ2) is 7.28. The first-order valence-electron chi connectivity index (χ1n) is 6.36. The van der Waals surface area contributed by atoms with Crippen molar-refractivity contribution in [3.8, 4) is 5.88 Å². The van der Waals surface area contributed by atoms with Crippen molar-refractivity contribution in [3.63, 3.8) is 0 Å². The van der Waals surface area contributed by atoms with Gasteiger partial charge in [-0.1, -0.05) is 0 Å². The Morgan fingerprint density at radius 1 is 1.17 bits per heavy atom. The molecule has 0 saturated carbocycles. The van der Waals surface area contributed by atoms with Gasteiger partial charge >= 0.3 is 0 Å². The zero-order valence-electron chi connectivity index (χ0n) is 11.6. The van der Waals surface area contributed by atoms with Gasteiger partial charge in [0.25, 0.3) is 0 Å². The van der Waals surface area contributed by atoms with Crippen LogP contribution >= 0.6 is 0 Å². The summed E-state index contributed by atoms with van der Waals surface area (Å²) in [5.41, 5.74) is 0.549. The van der Waals surface area contributed by atoms with Crippen LogP contribution < -0.4 is 4.74 Å². The summed E-state index contributed by atoms with van der Waals surface area (Å²) in [6, 6.07) is 4.44. The standard InChI is InChI=1S/C13H23N3O2/c1-10(2)16(11(3)4)7-8-18-13-6-5-12(9-17)14-15-13/h5-6,10-11,17H,7-9H2,1-4H3. The van der Waals surface area contributed by atoms with Gasteiger partial charge in [-0.3, -0.25) is 4.90 Å². The molecule has 18 heavy (non-hydrogen) atoms. The van der Waals surface area contributed by atoms with Crippen molar-refractivity contribution in [2.75, 3.05) is 13.2 Å². The van der Waals surface area contributed by atoms with Crippen molar-refractivity contribution < 1.29 is 9.84 Å². The lowest BCUT2D eigenvalue weighted by Gasteiger charge is -2.30. The fraction of sp³-hybridized carbons (Fsp3) is 0.692. The van der Waals surface area contributed by atoms with Gasteiger partial charge in [0, 0.05) is 24.7 Å². The molecule has 1 aromatic rings. The quantitative estimate of drug-likeness (QED) is 0.797. The number of aliphatic hydroxyl groups excluding tert-OH is 1. The smallest absolute Gasteiger partial charge is 0.233 e. The van der Waals surface area contributed by atoms with E-state index in [0.717, 1.165) is 6.54 Å².